The highest BCUT2D eigenvalue weighted by molar-refractivity contribution is 9.10. The van der Waals surface area contributed by atoms with Crippen molar-refractivity contribution in [2.75, 3.05) is 12.3 Å². The highest BCUT2D eigenvalue weighted by Gasteiger charge is 2.11. The van der Waals surface area contributed by atoms with E-state index < -0.39 is 0 Å². The molecule has 1 aromatic carbocycles. The molecule has 0 aliphatic rings. The second kappa shape index (κ2) is 4.46. The van der Waals surface area contributed by atoms with Crippen molar-refractivity contribution in [2.45, 2.75) is 13.8 Å². The predicted molar refractivity (Wildman–Crippen MR) is 61.3 cm³/mol. The van der Waals surface area contributed by atoms with Gasteiger partial charge in [-0.3, -0.25) is 4.79 Å². The third kappa shape index (κ3) is 2.26. The van der Waals surface area contributed by atoms with E-state index in [1.165, 1.54) is 0 Å². The number of rotatable bonds is 2. The lowest BCUT2D eigenvalue weighted by molar-refractivity contribution is 0.0956. The van der Waals surface area contributed by atoms with Gasteiger partial charge in [0.2, 0.25) is 0 Å². The van der Waals surface area contributed by atoms with Crippen molar-refractivity contribution in [1.82, 2.24) is 5.32 Å². The molecule has 3 N–H and O–H groups in total. The molecule has 0 saturated heterocycles. The van der Waals surface area contributed by atoms with Crippen LogP contribution < -0.4 is 11.1 Å². The molecule has 1 aromatic rings. The molecule has 0 heterocycles. The van der Waals surface area contributed by atoms with Crippen LogP contribution >= 0.6 is 15.9 Å². The van der Waals surface area contributed by atoms with Gasteiger partial charge >= 0.3 is 0 Å². The minimum Gasteiger partial charge on any atom is -0.398 e. The Morgan fingerprint density at radius 3 is 2.79 bits per heavy atom. The van der Waals surface area contributed by atoms with E-state index in [0.29, 0.717) is 17.8 Å². The molecule has 0 spiro atoms. The molecule has 0 aliphatic carbocycles. The van der Waals surface area contributed by atoms with Gasteiger partial charge in [0.15, 0.2) is 0 Å². The molecule has 0 saturated carbocycles. The Morgan fingerprint density at radius 2 is 2.21 bits per heavy atom. The molecule has 0 unspecified atom stereocenters. The summed E-state index contributed by atoms with van der Waals surface area (Å²) >= 11 is 3.33. The lowest BCUT2D eigenvalue weighted by Crippen LogP contribution is -2.24. The van der Waals surface area contributed by atoms with Gasteiger partial charge in [-0.1, -0.05) is 15.9 Å². The molecule has 0 atom stereocenters. The summed E-state index contributed by atoms with van der Waals surface area (Å²) in [6.07, 6.45) is 0. The molecule has 0 aliphatic heterocycles. The van der Waals surface area contributed by atoms with Gasteiger partial charge in [-0.2, -0.15) is 0 Å². The molecule has 14 heavy (non-hydrogen) atoms. The van der Waals surface area contributed by atoms with E-state index in [2.05, 4.69) is 21.2 Å². The average Bonchev–Trinajstić information content (AvgIpc) is 2.11. The molecule has 0 fully saturated rings. The summed E-state index contributed by atoms with van der Waals surface area (Å²) in [5, 5.41) is 2.72. The zero-order chi connectivity index (χ0) is 10.7. The average molecular weight is 257 g/mol. The number of amides is 1. The fourth-order valence-electron chi connectivity index (χ4n) is 1.20. The third-order valence-corrected chi connectivity index (χ3v) is 2.39. The Bertz CT molecular complexity index is 363. The van der Waals surface area contributed by atoms with Crippen LogP contribution in [0.4, 0.5) is 5.69 Å². The minimum absolute atomic E-state index is 0.130. The fraction of sp³-hybridized carbons (Fsp3) is 0.300. The molecule has 1 amide bonds. The van der Waals surface area contributed by atoms with Crippen LogP contribution in [0, 0.1) is 6.92 Å². The molecular formula is C10H13BrN2O. The standard InChI is InChI=1S/C10H13BrN2O/c1-3-13-10(14)8-5-7(11)4-6(2)9(8)12/h4-5H,3,12H2,1-2H3,(H,13,14). The molecule has 3 nitrogen and oxygen atoms in total. The number of hydrogen-bond acceptors (Lipinski definition) is 2. The summed E-state index contributed by atoms with van der Waals surface area (Å²) in [4.78, 5) is 11.6. The van der Waals surface area contributed by atoms with Crippen molar-refractivity contribution in [1.29, 1.82) is 0 Å². The van der Waals surface area contributed by atoms with E-state index in [1.54, 1.807) is 6.07 Å². The number of carbonyl (C=O) groups is 1. The van der Waals surface area contributed by atoms with Crippen molar-refractivity contribution < 1.29 is 4.79 Å². The Morgan fingerprint density at radius 1 is 1.57 bits per heavy atom. The largest absolute Gasteiger partial charge is 0.398 e. The number of aryl methyl sites for hydroxylation is 1. The Labute approximate surface area is 91.8 Å². The van der Waals surface area contributed by atoms with Gasteiger partial charge in [-0.15, -0.1) is 0 Å². The van der Waals surface area contributed by atoms with Crippen LogP contribution in [-0.4, -0.2) is 12.5 Å². The summed E-state index contributed by atoms with van der Waals surface area (Å²) < 4.78 is 0.866. The summed E-state index contributed by atoms with van der Waals surface area (Å²) in [5.41, 5.74) is 7.77. The second-order valence-electron chi connectivity index (χ2n) is 3.04. The first-order valence-corrected chi connectivity index (χ1v) is 5.19. The van der Waals surface area contributed by atoms with E-state index in [1.807, 2.05) is 19.9 Å². The number of nitrogens with two attached hydrogens (primary N) is 1. The number of nitrogen functional groups attached to an aromatic ring is 1. The van der Waals surface area contributed by atoms with Crippen molar-refractivity contribution in [3.63, 3.8) is 0 Å². The zero-order valence-corrected chi connectivity index (χ0v) is 9.81. The Kier molecular flexibility index (Phi) is 3.52. The molecule has 0 aromatic heterocycles. The number of nitrogens with one attached hydrogen (secondary N) is 1. The van der Waals surface area contributed by atoms with E-state index in [0.717, 1.165) is 10.0 Å². The van der Waals surface area contributed by atoms with Crippen molar-refractivity contribution in [3.05, 3.63) is 27.7 Å². The Balaban J connectivity index is 3.13. The molecule has 1 rings (SSSR count). The number of benzene rings is 1. The normalized spacial score (nSPS) is 9.93. The fourth-order valence-corrected chi connectivity index (χ4v) is 1.77. The van der Waals surface area contributed by atoms with Gasteiger partial charge < -0.3 is 11.1 Å². The first-order valence-electron chi connectivity index (χ1n) is 4.40. The number of anilines is 1. The van der Waals surface area contributed by atoms with Gasteiger partial charge in [0.05, 0.1) is 5.56 Å². The summed E-state index contributed by atoms with van der Waals surface area (Å²) in [6.45, 7) is 4.35. The van der Waals surface area contributed by atoms with Gasteiger partial charge in [-0.05, 0) is 31.5 Å². The highest BCUT2D eigenvalue weighted by atomic mass is 79.9. The predicted octanol–water partition coefficient (Wildman–Crippen LogP) is 2.09. The van der Waals surface area contributed by atoms with Gasteiger partial charge in [0.1, 0.15) is 0 Å². The van der Waals surface area contributed by atoms with Gasteiger partial charge in [0.25, 0.3) is 5.91 Å². The van der Waals surface area contributed by atoms with Crippen LogP contribution in [0.3, 0.4) is 0 Å². The van der Waals surface area contributed by atoms with E-state index in [4.69, 9.17) is 5.73 Å². The molecule has 76 valence electrons. The van der Waals surface area contributed by atoms with Crippen LogP contribution in [0.25, 0.3) is 0 Å². The third-order valence-electron chi connectivity index (χ3n) is 1.93. The van der Waals surface area contributed by atoms with E-state index in [9.17, 15) is 4.79 Å². The van der Waals surface area contributed by atoms with Crippen LogP contribution in [0.2, 0.25) is 0 Å². The maximum atomic E-state index is 11.6. The molecular weight excluding hydrogens is 244 g/mol. The topological polar surface area (TPSA) is 55.1 Å². The monoisotopic (exact) mass is 256 g/mol. The van der Waals surface area contributed by atoms with Crippen LogP contribution in [0.15, 0.2) is 16.6 Å². The zero-order valence-electron chi connectivity index (χ0n) is 8.23. The quantitative estimate of drug-likeness (QED) is 0.797. The maximum Gasteiger partial charge on any atom is 0.253 e. The van der Waals surface area contributed by atoms with E-state index in [-0.39, 0.29) is 5.91 Å². The van der Waals surface area contributed by atoms with Crippen LogP contribution in [-0.2, 0) is 0 Å². The SMILES string of the molecule is CCNC(=O)c1cc(Br)cc(C)c1N. The summed E-state index contributed by atoms with van der Waals surface area (Å²) in [6, 6.07) is 3.62. The van der Waals surface area contributed by atoms with Crippen LogP contribution in [0.5, 0.6) is 0 Å². The second-order valence-corrected chi connectivity index (χ2v) is 3.96. The smallest absolute Gasteiger partial charge is 0.253 e. The number of halogens is 1. The highest BCUT2D eigenvalue weighted by Crippen LogP contribution is 2.22. The van der Waals surface area contributed by atoms with Crippen molar-refractivity contribution in [2.24, 2.45) is 0 Å². The van der Waals surface area contributed by atoms with Crippen molar-refractivity contribution in [3.8, 4) is 0 Å². The van der Waals surface area contributed by atoms with Crippen LogP contribution in [0.1, 0.15) is 22.8 Å². The number of hydrogen-bond donors (Lipinski definition) is 2. The first-order chi connectivity index (χ1) is 6.56. The Hall–Kier alpha value is -1.03. The molecule has 4 heteroatoms. The molecule has 0 radical (unpaired) electrons. The summed E-state index contributed by atoms with van der Waals surface area (Å²) in [5.74, 6) is -0.130. The lowest BCUT2D eigenvalue weighted by Gasteiger charge is -2.08. The van der Waals surface area contributed by atoms with Gasteiger partial charge in [0, 0.05) is 16.7 Å². The molecule has 0 bridgehead atoms. The summed E-state index contributed by atoms with van der Waals surface area (Å²) in [7, 11) is 0. The minimum atomic E-state index is -0.130. The van der Waals surface area contributed by atoms with E-state index >= 15 is 0 Å². The maximum absolute atomic E-state index is 11.6. The van der Waals surface area contributed by atoms with Gasteiger partial charge in [-0.25, -0.2) is 0 Å². The lowest BCUT2D eigenvalue weighted by atomic mass is 10.1. The number of carbonyl (C=O) groups excluding carboxylic acids is 1. The van der Waals surface area contributed by atoms with Crippen molar-refractivity contribution >= 4 is 27.5 Å². The first kappa shape index (κ1) is 11.0.